The zero-order chi connectivity index (χ0) is 21.7. The van der Waals surface area contributed by atoms with Crippen LogP contribution < -0.4 is 5.32 Å². The maximum absolute atomic E-state index is 12.8. The maximum Gasteiger partial charge on any atom is 0.228 e. The van der Waals surface area contributed by atoms with Gasteiger partial charge in [0.05, 0.1) is 11.7 Å². The minimum Gasteiger partial charge on any atom is -0.326 e. The van der Waals surface area contributed by atoms with Gasteiger partial charge in [0.2, 0.25) is 15.9 Å². The number of hydrogen-bond acceptors (Lipinski definition) is 3. The fraction of sp³-hybridized carbons (Fsp3) is 0.320. The van der Waals surface area contributed by atoms with Crippen LogP contribution in [0.2, 0.25) is 0 Å². The molecule has 0 radical (unpaired) electrons. The monoisotopic (exact) mass is 436 g/mol. The molecule has 31 heavy (non-hydrogen) atoms. The number of nitrogens with one attached hydrogen (secondary N) is 1. The van der Waals surface area contributed by atoms with E-state index in [4.69, 9.17) is 0 Å². The van der Waals surface area contributed by atoms with Gasteiger partial charge in [-0.25, -0.2) is 12.7 Å². The average Bonchev–Trinajstić information content (AvgIpc) is 2.80. The summed E-state index contributed by atoms with van der Waals surface area (Å²) in [4.78, 5) is 12.8. The molecule has 1 aliphatic rings. The number of carbonyl (C=O) groups excluding carboxylic acids is 1. The van der Waals surface area contributed by atoms with Crippen LogP contribution in [0.3, 0.4) is 0 Å². The molecule has 0 bridgehead atoms. The van der Waals surface area contributed by atoms with E-state index in [1.807, 2.05) is 72.8 Å². The van der Waals surface area contributed by atoms with Crippen molar-refractivity contribution in [2.75, 3.05) is 24.2 Å². The minimum atomic E-state index is -3.37. The van der Waals surface area contributed by atoms with Crippen LogP contribution in [0.1, 0.15) is 24.8 Å². The van der Waals surface area contributed by atoms with Crippen molar-refractivity contribution in [3.63, 3.8) is 0 Å². The fourth-order valence-electron chi connectivity index (χ4n) is 4.15. The van der Waals surface area contributed by atoms with Gasteiger partial charge in [-0.05, 0) is 54.2 Å². The summed E-state index contributed by atoms with van der Waals surface area (Å²) in [5, 5.41) is 5.16. The molecular weight excluding hydrogens is 408 g/mol. The molecule has 162 valence electrons. The molecule has 6 heteroatoms. The molecule has 0 spiro atoms. The summed E-state index contributed by atoms with van der Waals surface area (Å²) in [5.41, 5.74) is 1.88. The van der Waals surface area contributed by atoms with Crippen molar-refractivity contribution in [2.45, 2.75) is 25.7 Å². The van der Waals surface area contributed by atoms with Crippen molar-refractivity contribution in [3.8, 4) is 0 Å². The third kappa shape index (κ3) is 5.51. The Morgan fingerprint density at radius 2 is 1.71 bits per heavy atom. The van der Waals surface area contributed by atoms with E-state index < -0.39 is 10.0 Å². The van der Waals surface area contributed by atoms with E-state index in [9.17, 15) is 13.2 Å². The summed E-state index contributed by atoms with van der Waals surface area (Å²) < 4.78 is 27.2. The van der Waals surface area contributed by atoms with Gasteiger partial charge in [0.25, 0.3) is 0 Å². The maximum atomic E-state index is 12.8. The second-order valence-electron chi connectivity index (χ2n) is 8.15. The van der Waals surface area contributed by atoms with Crippen molar-refractivity contribution < 1.29 is 13.2 Å². The number of nitrogens with zero attached hydrogens (tertiary/aromatic N) is 1. The average molecular weight is 437 g/mol. The second kappa shape index (κ2) is 9.62. The zero-order valence-corrected chi connectivity index (χ0v) is 18.4. The molecule has 1 amide bonds. The van der Waals surface area contributed by atoms with E-state index in [2.05, 4.69) is 5.32 Å². The van der Waals surface area contributed by atoms with Crippen LogP contribution in [0.25, 0.3) is 10.8 Å². The van der Waals surface area contributed by atoms with Crippen molar-refractivity contribution in [1.29, 1.82) is 0 Å². The number of carbonyl (C=O) groups is 1. The molecule has 1 atom stereocenters. The van der Waals surface area contributed by atoms with Crippen molar-refractivity contribution >= 4 is 32.4 Å². The highest BCUT2D eigenvalue weighted by atomic mass is 32.2. The first-order valence-electron chi connectivity index (χ1n) is 10.8. The van der Waals surface area contributed by atoms with E-state index in [1.165, 1.54) is 4.31 Å². The molecule has 3 aromatic carbocycles. The molecule has 1 saturated heterocycles. The third-order valence-electron chi connectivity index (χ3n) is 5.88. The van der Waals surface area contributed by atoms with Gasteiger partial charge in [-0.3, -0.25) is 4.79 Å². The lowest BCUT2D eigenvalue weighted by atomic mass is 9.98. The van der Waals surface area contributed by atoms with Crippen LogP contribution in [0.5, 0.6) is 0 Å². The highest BCUT2D eigenvalue weighted by Gasteiger charge is 2.32. The number of hydrogen-bond donors (Lipinski definition) is 1. The zero-order valence-electron chi connectivity index (χ0n) is 17.5. The standard InChI is InChI=1S/C25H28N2O3S/c28-25(26-24-15-14-21-11-4-5-12-22(21)18-24)23-13-6-16-27(19-23)31(29,30)17-7-10-20-8-2-1-3-9-20/h1-5,8-9,11-12,14-15,18,23H,6-7,10,13,16-17,19H2,(H,26,28)/t23-/m0/s1. The summed E-state index contributed by atoms with van der Waals surface area (Å²) in [7, 11) is -3.37. The number of rotatable bonds is 7. The Labute approximate surface area is 184 Å². The second-order valence-corrected chi connectivity index (χ2v) is 10.2. The lowest BCUT2D eigenvalue weighted by Crippen LogP contribution is -2.44. The van der Waals surface area contributed by atoms with E-state index in [0.717, 1.165) is 28.4 Å². The van der Waals surface area contributed by atoms with E-state index in [1.54, 1.807) is 0 Å². The summed E-state index contributed by atoms with van der Waals surface area (Å²) in [6.07, 6.45) is 2.72. The van der Waals surface area contributed by atoms with Crippen LogP contribution in [-0.4, -0.2) is 37.5 Å². The molecule has 1 fully saturated rings. The Bertz CT molecular complexity index is 1150. The topological polar surface area (TPSA) is 66.5 Å². The van der Waals surface area contributed by atoms with E-state index in [0.29, 0.717) is 25.8 Å². The molecule has 4 rings (SSSR count). The molecular formula is C25H28N2O3S. The normalized spacial score (nSPS) is 17.5. The molecule has 0 unspecified atom stereocenters. The van der Waals surface area contributed by atoms with Crippen LogP contribution >= 0.6 is 0 Å². The van der Waals surface area contributed by atoms with Gasteiger partial charge in [0.15, 0.2) is 0 Å². The molecule has 0 aromatic heterocycles. The van der Waals surface area contributed by atoms with E-state index in [-0.39, 0.29) is 24.1 Å². The minimum absolute atomic E-state index is 0.112. The van der Waals surface area contributed by atoms with E-state index >= 15 is 0 Å². The van der Waals surface area contributed by atoms with Crippen LogP contribution in [0, 0.1) is 5.92 Å². The van der Waals surface area contributed by atoms with Crippen molar-refractivity contribution in [1.82, 2.24) is 4.31 Å². The predicted molar refractivity (Wildman–Crippen MR) is 125 cm³/mol. The van der Waals surface area contributed by atoms with Crippen LogP contribution in [0.4, 0.5) is 5.69 Å². The number of piperidine rings is 1. The number of sulfonamides is 1. The Balaban J connectivity index is 1.34. The molecule has 0 saturated carbocycles. The lowest BCUT2D eigenvalue weighted by molar-refractivity contribution is -0.120. The molecule has 5 nitrogen and oxygen atoms in total. The summed E-state index contributed by atoms with van der Waals surface area (Å²) in [6, 6.07) is 23.7. The number of aryl methyl sites for hydroxylation is 1. The van der Waals surface area contributed by atoms with Gasteiger partial charge in [-0.1, -0.05) is 60.7 Å². The molecule has 3 aromatic rings. The number of benzene rings is 3. The summed E-state index contributed by atoms with van der Waals surface area (Å²) in [6.45, 7) is 0.751. The van der Waals surface area contributed by atoms with Crippen LogP contribution in [0.15, 0.2) is 72.8 Å². The van der Waals surface area contributed by atoms with Crippen molar-refractivity contribution in [3.05, 3.63) is 78.4 Å². The summed E-state index contributed by atoms with van der Waals surface area (Å²) in [5.74, 6) is -0.329. The van der Waals surface area contributed by atoms with Gasteiger partial charge < -0.3 is 5.32 Å². The third-order valence-corrected chi connectivity index (χ3v) is 7.80. The Hall–Kier alpha value is -2.70. The van der Waals surface area contributed by atoms with Crippen LogP contribution in [-0.2, 0) is 21.2 Å². The molecule has 1 N–H and O–H groups in total. The number of anilines is 1. The van der Waals surface area contributed by atoms with Gasteiger partial charge in [-0.2, -0.15) is 0 Å². The van der Waals surface area contributed by atoms with Gasteiger partial charge in [-0.15, -0.1) is 0 Å². The Morgan fingerprint density at radius 1 is 0.968 bits per heavy atom. The Morgan fingerprint density at radius 3 is 2.52 bits per heavy atom. The SMILES string of the molecule is O=C(Nc1ccc2ccccc2c1)[C@H]1CCCN(S(=O)(=O)CCCc2ccccc2)C1. The lowest BCUT2D eigenvalue weighted by Gasteiger charge is -2.31. The highest BCUT2D eigenvalue weighted by molar-refractivity contribution is 7.89. The molecule has 1 aliphatic heterocycles. The summed E-state index contributed by atoms with van der Waals surface area (Å²) >= 11 is 0. The van der Waals surface area contributed by atoms with Gasteiger partial charge >= 0.3 is 0 Å². The smallest absolute Gasteiger partial charge is 0.228 e. The first-order chi connectivity index (χ1) is 15.0. The van der Waals surface area contributed by atoms with Gasteiger partial charge in [0, 0.05) is 18.8 Å². The number of amides is 1. The first kappa shape index (κ1) is 21.5. The quantitative estimate of drug-likeness (QED) is 0.595. The molecule has 1 heterocycles. The first-order valence-corrected chi connectivity index (χ1v) is 12.4. The highest BCUT2D eigenvalue weighted by Crippen LogP contribution is 2.23. The Kier molecular flexibility index (Phi) is 6.68. The molecule has 0 aliphatic carbocycles. The van der Waals surface area contributed by atoms with Gasteiger partial charge in [0.1, 0.15) is 0 Å². The number of fused-ring (bicyclic) bond motifs is 1. The largest absolute Gasteiger partial charge is 0.326 e. The predicted octanol–water partition coefficient (Wildman–Crippen LogP) is 4.45. The van der Waals surface area contributed by atoms with Crippen molar-refractivity contribution in [2.24, 2.45) is 5.92 Å². The fourth-order valence-corrected chi connectivity index (χ4v) is 5.73.